The number of hydrogen-bond acceptors (Lipinski definition) is 3. The fourth-order valence-electron chi connectivity index (χ4n) is 5.49. The molecule has 0 spiro atoms. The van der Waals surface area contributed by atoms with Crippen LogP contribution in [0, 0.1) is 24.7 Å². The van der Waals surface area contributed by atoms with E-state index < -0.39 is 0 Å². The number of aromatic nitrogens is 2. The van der Waals surface area contributed by atoms with E-state index in [2.05, 4.69) is 52.1 Å². The van der Waals surface area contributed by atoms with Gasteiger partial charge >= 0.3 is 0 Å². The van der Waals surface area contributed by atoms with Gasteiger partial charge in [-0.2, -0.15) is 5.10 Å². The molecule has 0 unspecified atom stereocenters. The number of benzene rings is 1. The maximum absolute atomic E-state index is 12.3. The number of aryl methyl sites for hydroxylation is 1. The van der Waals surface area contributed by atoms with E-state index in [0.717, 1.165) is 44.7 Å². The van der Waals surface area contributed by atoms with Crippen LogP contribution >= 0.6 is 0 Å². The van der Waals surface area contributed by atoms with Crippen molar-refractivity contribution in [3.63, 3.8) is 0 Å². The first-order valence-electron chi connectivity index (χ1n) is 12.3. The fourth-order valence-corrected chi connectivity index (χ4v) is 5.49. The molecular weight excluding hydrogens is 382 g/mol. The van der Waals surface area contributed by atoms with Crippen LogP contribution < -0.4 is 0 Å². The summed E-state index contributed by atoms with van der Waals surface area (Å²) >= 11 is 0. The van der Waals surface area contributed by atoms with Crippen LogP contribution in [-0.4, -0.2) is 33.6 Å². The zero-order chi connectivity index (χ0) is 21.8. The van der Waals surface area contributed by atoms with Gasteiger partial charge in [0.1, 0.15) is 5.78 Å². The molecule has 168 valence electrons. The Hall–Kier alpha value is -1.94. The molecule has 0 bridgehead atoms. The van der Waals surface area contributed by atoms with E-state index >= 15 is 0 Å². The molecule has 4 nitrogen and oxygen atoms in total. The second-order valence-corrected chi connectivity index (χ2v) is 10.3. The highest BCUT2D eigenvalue weighted by Crippen LogP contribution is 2.37. The van der Waals surface area contributed by atoms with E-state index in [1.807, 2.05) is 20.0 Å². The average molecular weight is 422 g/mol. The lowest BCUT2D eigenvalue weighted by Gasteiger charge is -2.32. The van der Waals surface area contributed by atoms with E-state index in [4.69, 9.17) is 0 Å². The molecule has 1 aromatic carbocycles. The first-order valence-corrected chi connectivity index (χ1v) is 12.3. The van der Waals surface area contributed by atoms with Crippen LogP contribution in [0.4, 0.5) is 0 Å². The summed E-state index contributed by atoms with van der Waals surface area (Å²) in [5.74, 6) is 2.33. The topological polar surface area (TPSA) is 38.1 Å². The maximum atomic E-state index is 12.3. The van der Waals surface area contributed by atoms with E-state index in [9.17, 15) is 4.79 Å². The first-order chi connectivity index (χ1) is 15.0. The van der Waals surface area contributed by atoms with Crippen molar-refractivity contribution in [1.82, 2.24) is 14.7 Å². The molecule has 0 radical (unpaired) electrons. The lowest BCUT2D eigenvalue weighted by Crippen LogP contribution is -2.34. The zero-order valence-corrected chi connectivity index (χ0v) is 19.6. The molecule has 1 aromatic heterocycles. The van der Waals surface area contributed by atoms with Crippen LogP contribution in [0.25, 0.3) is 0 Å². The number of likely N-dealkylation sites (tertiary alicyclic amines) is 1. The van der Waals surface area contributed by atoms with Gasteiger partial charge in [-0.05, 0) is 87.1 Å². The minimum absolute atomic E-state index is 0.181. The third-order valence-corrected chi connectivity index (χ3v) is 7.47. The molecule has 2 aromatic rings. The number of nitrogens with zero attached hydrogens (tertiary/aromatic N) is 3. The summed E-state index contributed by atoms with van der Waals surface area (Å²) in [6.07, 6.45) is 11.1. The number of Topliss-reactive ketones (excluding diaryl/α,β-unsaturated/α-hetero) is 1. The van der Waals surface area contributed by atoms with Crippen LogP contribution in [0.2, 0.25) is 0 Å². The van der Waals surface area contributed by atoms with E-state index in [1.165, 1.54) is 42.6 Å². The number of carbonyl (C=O) groups is 1. The second-order valence-electron chi connectivity index (χ2n) is 10.3. The molecule has 1 aliphatic heterocycles. The third-order valence-electron chi connectivity index (χ3n) is 7.47. The third kappa shape index (κ3) is 5.85. The van der Waals surface area contributed by atoms with Crippen LogP contribution in [0.3, 0.4) is 0 Å². The zero-order valence-electron chi connectivity index (χ0n) is 19.6. The Labute approximate surface area is 188 Å². The molecule has 31 heavy (non-hydrogen) atoms. The van der Waals surface area contributed by atoms with Crippen molar-refractivity contribution in [3.8, 4) is 0 Å². The Kier molecular flexibility index (Phi) is 7.27. The molecule has 0 atom stereocenters. The van der Waals surface area contributed by atoms with Crippen LogP contribution in [-0.2, 0) is 17.9 Å². The molecule has 4 heteroatoms. The van der Waals surface area contributed by atoms with Crippen LogP contribution in [0.1, 0.15) is 75.0 Å². The van der Waals surface area contributed by atoms with E-state index in [0.29, 0.717) is 17.6 Å². The molecule has 4 rings (SSSR count). The van der Waals surface area contributed by atoms with E-state index in [-0.39, 0.29) is 5.92 Å². The molecule has 2 aliphatic rings. The summed E-state index contributed by atoms with van der Waals surface area (Å²) in [7, 11) is 0. The number of rotatable bonds is 7. The van der Waals surface area contributed by atoms with Crippen molar-refractivity contribution in [2.24, 2.45) is 17.8 Å². The van der Waals surface area contributed by atoms with Crippen molar-refractivity contribution >= 4 is 5.78 Å². The highest BCUT2D eigenvalue weighted by Gasteiger charge is 2.28. The van der Waals surface area contributed by atoms with Gasteiger partial charge < -0.3 is 0 Å². The van der Waals surface area contributed by atoms with Gasteiger partial charge in [0.2, 0.25) is 0 Å². The highest BCUT2D eigenvalue weighted by atomic mass is 16.1. The van der Waals surface area contributed by atoms with Gasteiger partial charge in [0.15, 0.2) is 0 Å². The van der Waals surface area contributed by atoms with Crippen molar-refractivity contribution in [2.45, 2.75) is 78.3 Å². The molecule has 1 saturated carbocycles. The van der Waals surface area contributed by atoms with Crippen molar-refractivity contribution < 1.29 is 4.79 Å². The van der Waals surface area contributed by atoms with Gasteiger partial charge in [-0.1, -0.05) is 38.1 Å². The Bertz CT molecular complexity index is 838. The van der Waals surface area contributed by atoms with Gasteiger partial charge in [-0.15, -0.1) is 0 Å². The summed E-state index contributed by atoms with van der Waals surface area (Å²) < 4.78 is 2.11. The van der Waals surface area contributed by atoms with E-state index in [1.54, 1.807) is 0 Å². The van der Waals surface area contributed by atoms with Crippen molar-refractivity contribution in [3.05, 3.63) is 53.3 Å². The highest BCUT2D eigenvalue weighted by molar-refractivity contribution is 5.82. The summed E-state index contributed by atoms with van der Waals surface area (Å²) in [6.45, 7) is 10.7. The Morgan fingerprint density at radius 2 is 1.71 bits per heavy atom. The monoisotopic (exact) mass is 421 g/mol. The summed E-state index contributed by atoms with van der Waals surface area (Å²) in [6, 6.07) is 9.35. The minimum Gasteiger partial charge on any atom is -0.299 e. The summed E-state index contributed by atoms with van der Waals surface area (Å²) in [5, 5.41) is 4.45. The van der Waals surface area contributed by atoms with Gasteiger partial charge in [0.25, 0.3) is 0 Å². The molecular formula is C27H39N3O. The number of carbonyl (C=O) groups excluding carboxylic acids is 1. The minimum atomic E-state index is 0.181. The Morgan fingerprint density at radius 3 is 2.29 bits per heavy atom. The van der Waals surface area contributed by atoms with Crippen molar-refractivity contribution in [1.29, 1.82) is 0 Å². The molecule has 0 amide bonds. The number of ketones is 1. The van der Waals surface area contributed by atoms with Crippen LogP contribution in [0.15, 0.2) is 36.7 Å². The second kappa shape index (κ2) is 10.1. The number of piperidine rings is 1. The summed E-state index contributed by atoms with van der Waals surface area (Å²) in [4.78, 5) is 14.9. The van der Waals surface area contributed by atoms with Gasteiger partial charge in [-0.3, -0.25) is 14.4 Å². The normalized spacial score (nSPS) is 23.4. The van der Waals surface area contributed by atoms with Gasteiger partial charge in [0, 0.05) is 31.1 Å². The Balaban J connectivity index is 1.22. The maximum Gasteiger partial charge on any atom is 0.138 e. The van der Waals surface area contributed by atoms with Gasteiger partial charge in [-0.25, -0.2) is 0 Å². The predicted molar refractivity (Wildman–Crippen MR) is 126 cm³/mol. The van der Waals surface area contributed by atoms with Gasteiger partial charge in [0.05, 0.1) is 6.20 Å². The smallest absolute Gasteiger partial charge is 0.138 e. The molecule has 1 aliphatic carbocycles. The lowest BCUT2D eigenvalue weighted by molar-refractivity contribution is -0.126. The van der Waals surface area contributed by atoms with Crippen LogP contribution in [0.5, 0.6) is 0 Å². The largest absolute Gasteiger partial charge is 0.299 e. The summed E-state index contributed by atoms with van der Waals surface area (Å²) in [5.41, 5.74) is 4.14. The first kappa shape index (κ1) is 22.3. The average Bonchev–Trinajstić information content (AvgIpc) is 3.19. The predicted octanol–water partition coefficient (Wildman–Crippen LogP) is 5.60. The SMILES string of the molecule is Cc1cnn(CC2CCN(Cc3ccc(C4CCC(C(=O)C(C)C)CC4)cc3)CC2)c1. The molecule has 2 heterocycles. The van der Waals surface area contributed by atoms with Crippen molar-refractivity contribution in [2.75, 3.05) is 13.1 Å². The Morgan fingerprint density at radius 1 is 1.03 bits per heavy atom. The standard InChI is InChI=1S/C27H39N3O/c1-20(2)27(31)26-10-8-25(9-11-26)24-6-4-22(5-7-24)18-29-14-12-23(13-15-29)19-30-17-21(3)16-28-30/h4-7,16-17,20,23,25-26H,8-15,18-19H2,1-3H3. The molecule has 0 N–H and O–H groups in total. The number of hydrogen-bond donors (Lipinski definition) is 0. The molecule has 2 fully saturated rings. The fraction of sp³-hybridized carbons (Fsp3) is 0.630. The lowest BCUT2D eigenvalue weighted by atomic mass is 9.75. The quantitative estimate of drug-likeness (QED) is 0.584. The molecule has 1 saturated heterocycles.